The van der Waals surface area contributed by atoms with Crippen LogP contribution in [0.15, 0.2) is 41.2 Å². The summed E-state index contributed by atoms with van der Waals surface area (Å²) in [6, 6.07) is 7.94. The van der Waals surface area contributed by atoms with Crippen molar-refractivity contribution in [1.29, 1.82) is 0 Å². The van der Waals surface area contributed by atoms with E-state index in [0.717, 1.165) is 37.3 Å². The van der Waals surface area contributed by atoms with Crippen molar-refractivity contribution < 1.29 is 19.0 Å². The van der Waals surface area contributed by atoms with Gasteiger partial charge in [-0.05, 0) is 56.7 Å². The molecular weight excluding hydrogens is 356 g/mol. The topological polar surface area (TPSA) is 58.3 Å². The van der Waals surface area contributed by atoms with Crippen LogP contribution < -0.4 is 9.47 Å². The van der Waals surface area contributed by atoms with Crippen molar-refractivity contribution in [3.8, 4) is 11.5 Å². The average Bonchev–Trinajstić information content (AvgIpc) is 3.20. The summed E-state index contributed by atoms with van der Waals surface area (Å²) in [5.41, 5.74) is 2.28. The van der Waals surface area contributed by atoms with Crippen molar-refractivity contribution >= 4 is 0 Å². The van der Waals surface area contributed by atoms with Crippen molar-refractivity contribution in [1.82, 2.24) is 9.80 Å². The summed E-state index contributed by atoms with van der Waals surface area (Å²) in [6.45, 7) is 4.66. The summed E-state index contributed by atoms with van der Waals surface area (Å²) in [4.78, 5) is 4.53. The molecule has 1 aromatic carbocycles. The van der Waals surface area contributed by atoms with Crippen molar-refractivity contribution in [3.05, 3.63) is 47.9 Å². The molecule has 2 heterocycles. The molecule has 0 aliphatic carbocycles. The molecule has 28 heavy (non-hydrogen) atoms. The lowest BCUT2D eigenvalue weighted by molar-refractivity contribution is 0.0608. The molecule has 1 atom stereocenters. The number of ether oxygens (including phenoxy) is 2. The van der Waals surface area contributed by atoms with E-state index in [1.807, 2.05) is 24.3 Å². The molecule has 0 amide bonds. The maximum absolute atomic E-state index is 10.4. The number of β-amino-alcohol motifs (C(OH)–C–C–N with tert-alkyl or cyclic N) is 1. The van der Waals surface area contributed by atoms with E-state index >= 15 is 0 Å². The second-order valence-electron chi connectivity index (χ2n) is 7.62. The Morgan fingerprint density at radius 3 is 2.61 bits per heavy atom. The van der Waals surface area contributed by atoms with Crippen LogP contribution >= 0.6 is 0 Å². The van der Waals surface area contributed by atoms with Crippen molar-refractivity contribution in [3.63, 3.8) is 0 Å². The summed E-state index contributed by atoms with van der Waals surface area (Å²) in [7, 11) is 3.71. The van der Waals surface area contributed by atoms with Crippen molar-refractivity contribution in [2.45, 2.75) is 38.5 Å². The minimum atomic E-state index is -0.504. The summed E-state index contributed by atoms with van der Waals surface area (Å²) in [5.74, 6) is 1.36. The number of benzene rings is 1. The van der Waals surface area contributed by atoms with Gasteiger partial charge in [-0.3, -0.25) is 4.90 Å². The highest BCUT2D eigenvalue weighted by atomic mass is 16.5. The van der Waals surface area contributed by atoms with Gasteiger partial charge >= 0.3 is 0 Å². The first-order valence-electron chi connectivity index (χ1n) is 10.0. The fourth-order valence-electron chi connectivity index (χ4n) is 3.67. The van der Waals surface area contributed by atoms with Gasteiger partial charge in [0.25, 0.3) is 0 Å². The summed E-state index contributed by atoms with van der Waals surface area (Å²) in [6.07, 6.45) is 6.68. The van der Waals surface area contributed by atoms with Gasteiger partial charge in [0.05, 0.1) is 19.6 Å². The van der Waals surface area contributed by atoms with E-state index in [1.54, 1.807) is 19.6 Å². The predicted molar refractivity (Wildman–Crippen MR) is 109 cm³/mol. The van der Waals surface area contributed by atoms with E-state index in [2.05, 4.69) is 16.8 Å². The molecule has 1 aliphatic heterocycles. The third-order valence-electron chi connectivity index (χ3n) is 5.06. The first kappa shape index (κ1) is 20.7. The monoisotopic (exact) mass is 388 g/mol. The molecule has 3 rings (SSSR count). The number of aliphatic hydroxyl groups excluding tert-OH is 1. The van der Waals surface area contributed by atoms with Crippen molar-refractivity contribution in [2.24, 2.45) is 0 Å². The van der Waals surface area contributed by atoms with Gasteiger partial charge < -0.3 is 23.9 Å². The second-order valence-corrected chi connectivity index (χ2v) is 7.62. The van der Waals surface area contributed by atoms with Gasteiger partial charge in [-0.1, -0.05) is 12.5 Å². The molecule has 154 valence electrons. The molecular formula is C22H32N2O4. The van der Waals surface area contributed by atoms with Gasteiger partial charge in [0.1, 0.15) is 12.7 Å². The Balaban J connectivity index is 1.54. The lowest BCUT2D eigenvalue weighted by atomic mass is 10.1. The highest BCUT2D eigenvalue weighted by Crippen LogP contribution is 2.29. The van der Waals surface area contributed by atoms with Crippen LogP contribution in [0.4, 0.5) is 0 Å². The SMILES string of the molecule is COc1ccc(CN(C)Cc2ccoc2)cc1OCC(O)CN1CCCCC1. The zero-order chi connectivity index (χ0) is 19.8. The average molecular weight is 389 g/mol. The molecule has 0 bridgehead atoms. The molecule has 1 N–H and O–H groups in total. The number of likely N-dealkylation sites (tertiary alicyclic amines) is 1. The number of piperidine rings is 1. The fourth-order valence-corrected chi connectivity index (χ4v) is 3.67. The number of hydrogen-bond donors (Lipinski definition) is 1. The Labute approximate surface area is 167 Å². The Morgan fingerprint density at radius 2 is 1.89 bits per heavy atom. The zero-order valence-electron chi connectivity index (χ0n) is 17.0. The quantitative estimate of drug-likeness (QED) is 0.675. The summed E-state index contributed by atoms with van der Waals surface area (Å²) >= 11 is 0. The van der Waals surface area contributed by atoms with Gasteiger partial charge in [0, 0.05) is 25.2 Å². The van der Waals surface area contributed by atoms with Crippen LogP contribution in [0, 0.1) is 0 Å². The van der Waals surface area contributed by atoms with E-state index < -0.39 is 6.10 Å². The maximum Gasteiger partial charge on any atom is 0.161 e. The minimum Gasteiger partial charge on any atom is -0.493 e. The number of nitrogens with zero attached hydrogens (tertiary/aromatic N) is 2. The highest BCUT2D eigenvalue weighted by molar-refractivity contribution is 5.43. The van der Waals surface area contributed by atoms with Crippen molar-refractivity contribution in [2.75, 3.05) is 40.4 Å². The predicted octanol–water partition coefficient (Wildman–Crippen LogP) is 3.15. The molecule has 6 heteroatoms. The van der Waals surface area contributed by atoms with Crippen LogP contribution in [0.2, 0.25) is 0 Å². The lowest BCUT2D eigenvalue weighted by Crippen LogP contribution is -2.38. The third kappa shape index (κ3) is 6.26. The molecule has 0 saturated carbocycles. The lowest BCUT2D eigenvalue weighted by Gasteiger charge is -2.28. The minimum absolute atomic E-state index is 0.265. The van der Waals surface area contributed by atoms with Crippen LogP contribution in [0.3, 0.4) is 0 Å². The Bertz CT molecular complexity index is 699. The van der Waals surface area contributed by atoms with Crippen LogP contribution in [0.25, 0.3) is 0 Å². The Morgan fingerprint density at radius 1 is 1.11 bits per heavy atom. The van der Waals surface area contributed by atoms with Gasteiger partial charge in [-0.25, -0.2) is 0 Å². The molecule has 0 spiro atoms. The van der Waals surface area contributed by atoms with Crippen LogP contribution in [0.5, 0.6) is 11.5 Å². The fraction of sp³-hybridized carbons (Fsp3) is 0.545. The molecule has 0 radical (unpaired) electrons. The zero-order valence-corrected chi connectivity index (χ0v) is 17.0. The Kier molecular flexibility index (Phi) is 7.77. The van der Waals surface area contributed by atoms with E-state index in [-0.39, 0.29) is 6.61 Å². The van der Waals surface area contributed by atoms with Gasteiger partial charge in [-0.15, -0.1) is 0 Å². The molecule has 1 saturated heterocycles. The molecule has 6 nitrogen and oxygen atoms in total. The molecule has 2 aromatic rings. The number of furan rings is 1. The van der Waals surface area contributed by atoms with E-state index in [9.17, 15) is 5.11 Å². The Hall–Kier alpha value is -2.02. The number of rotatable bonds is 10. The van der Waals surface area contributed by atoms with Crippen LogP contribution in [0.1, 0.15) is 30.4 Å². The molecule has 1 fully saturated rings. The first-order valence-corrected chi connectivity index (χ1v) is 10.0. The van der Waals surface area contributed by atoms with E-state index in [4.69, 9.17) is 13.9 Å². The van der Waals surface area contributed by atoms with Crippen LogP contribution in [-0.2, 0) is 13.1 Å². The van der Waals surface area contributed by atoms with Crippen LogP contribution in [-0.4, -0.2) is 61.4 Å². The van der Waals surface area contributed by atoms with Gasteiger partial charge in [-0.2, -0.15) is 0 Å². The maximum atomic E-state index is 10.4. The third-order valence-corrected chi connectivity index (χ3v) is 5.06. The number of aliphatic hydroxyl groups is 1. The first-order chi connectivity index (χ1) is 13.6. The van der Waals surface area contributed by atoms with Gasteiger partial charge in [0.2, 0.25) is 0 Å². The highest BCUT2D eigenvalue weighted by Gasteiger charge is 2.16. The van der Waals surface area contributed by atoms with E-state index in [1.165, 1.54) is 19.3 Å². The smallest absolute Gasteiger partial charge is 0.161 e. The molecule has 1 unspecified atom stereocenters. The normalized spacial score (nSPS) is 16.3. The molecule has 1 aromatic heterocycles. The number of hydrogen-bond acceptors (Lipinski definition) is 6. The second kappa shape index (κ2) is 10.5. The van der Waals surface area contributed by atoms with Gasteiger partial charge in [0.15, 0.2) is 11.5 Å². The number of methoxy groups -OCH3 is 1. The largest absolute Gasteiger partial charge is 0.493 e. The standard InChI is InChI=1S/C22H32N2O4/c1-23(14-19-8-11-27-16-19)13-18-6-7-21(26-2)22(12-18)28-17-20(25)15-24-9-4-3-5-10-24/h6-8,11-12,16,20,25H,3-5,9-10,13-15,17H2,1-2H3. The molecule has 1 aliphatic rings. The summed E-state index contributed by atoms with van der Waals surface area (Å²) in [5, 5.41) is 10.4. The van der Waals surface area contributed by atoms with E-state index in [0.29, 0.717) is 18.0 Å². The summed E-state index contributed by atoms with van der Waals surface area (Å²) < 4.78 is 16.5.